The molecule has 4 nitrogen and oxygen atoms in total. The van der Waals surface area contributed by atoms with Crippen LogP contribution < -0.4 is 5.32 Å². The van der Waals surface area contributed by atoms with Crippen molar-refractivity contribution in [3.8, 4) is 0 Å². The highest BCUT2D eigenvalue weighted by molar-refractivity contribution is 6.95. The Kier molecular flexibility index (Phi) is 8.57. The highest BCUT2D eigenvalue weighted by Gasteiger charge is 2.52. The maximum Gasteiger partial charge on any atom is 0.340 e. The Bertz CT molecular complexity index is 648. The van der Waals surface area contributed by atoms with Crippen molar-refractivity contribution in [1.82, 2.24) is 9.45 Å². The van der Waals surface area contributed by atoms with Crippen LogP contribution in [0.25, 0.3) is 0 Å². The molecular weight excluding hydrogens is 392 g/mol. The maximum atomic E-state index is 13.0. The summed E-state index contributed by atoms with van der Waals surface area (Å²) < 4.78 is 7.56. The summed E-state index contributed by atoms with van der Waals surface area (Å²) in [6.07, 6.45) is 2.07. The standard InChI is InChI=1S/C23H46N2O2Si2/c1-15(2)28(16(3)4,17(5)6)22-21(23(26)27-13)14-25(24-22)29(18(7)8,19(9)10)20(11)12/h14-20H,1-13H3. The van der Waals surface area contributed by atoms with Gasteiger partial charge in [-0.05, 0) is 33.2 Å². The Hall–Kier alpha value is -0.886. The number of hydrogen-bond donors (Lipinski definition) is 0. The zero-order chi connectivity index (χ0) is 22.9. The number of ether oxygens (including phenoxy) is 1. The number of hydrogen-bond acceptors (Lipinski definition) is 3. The van der Waals surface area contributed by atoms with Crippen LogP contribution in [0.3, 0.4) is 0 Å². The second kappa shape index (κ2) is 9.50. The van der Waals surface area contributed by atoms with Crippen LogP contribution in [0.4, 0.5) is 0 Å². The fourth-order valence-electron chi connectivity index (χ4n) is 6.77. The zero-order valence-electron chi connectivity index (χ0n) is 21.3. The second-order valence-electron chi connectivity index (χ2n) is 10.6. The summed E-state index contributed by atoms with van der Waals surface area (Å²) in [7, 11) is -2.65. The monoisotopic (exact) mass is 438 g/mol. The van der Waals surface area contributed by atoms with Crippen LogP contribution in [-0.2, 0) is 4.74 Å². The molecule has 0 aromatic carbocycles. The van der Waals surface area contributed by atoms with Crippen molar-refractivity contribution in [3.63, 3.8) is 0 Å². The first-order valence-corrected chi connectivity index (χ1v) is 15.8. The average molecular weight is 439 g/mol. The van der Waals surface area contributed by atoms with Gasteiger partial charge in [-0.3, -0.25) is 4.35 Å². The predicted octanol–water partition coefficient (Wildman–Crippen LogP) is 6.58. The minimum absolute atomic E-state index is 0.232. The Labute approximate surface area is 181 Å². The average Bonchev–Trinajstić information content (AvgIpc) is 2.98. The minimum atomic E-state index is -2.10. The summed E-state index contributed by atoms with van der Waals surface area (Å²) in [6, 6.07) is 0. The third kappa shape index (κ3) is 4.03. The van der Waals surface area contributed by atoms with Crippen LogP contribution in [0.15, 0.2) is 6.20 Å². The summed E-state index contributed by atoms with van der Waals surface area (Å²) in [5.41, 5.74) is 3.75. The van der Waals surface area contributed by atoms with Crippen molar-refractivity contribution >= 4 is 27.6 Å². The number of nitrogens with zero attached hydrogens (tertiary/aromatic N) is 2. The van der Waals surface area contributed by atoms with E-state index in [9.17, 15) is 4.79 Å². The lowest BCUT2D eigenvalue weighted by atomic mass is 10.4. The van der Waals surface area contributed by atoms with Gasteiger partial charge in [0.25, 0.3) is 0 Å². The molecule has 29 heavy (non-hydrogen) atoms. The SMILES string of the molecule is COC(=O)c1cn([Si](C(C)C)(C(C)C)C(C)C)nc1[Si](C(C)C)(C(C)C)C(C)C. The third-order valence-corrected chi connectivity index (χ3v) is 21.1. The van der Waals surface area contributed by atoms with Gasteiger partial charge in [-0.2, -0.15) is 5.10 Å². The van der Waals surface area contributed by atoms with Crippen molar-refractivity contribution < 1.29 is 9.53 Å². The van der Waals surface area contributed by atoms with Crippen LogP contribution in [0.5, 0.6) is 0 Å². The summed E-state index contributed by atoms with van der Waals surface area (Å²) in [5, 5.41) is 6.46. The molecule has 0 radical (unpaired) electrons. The van der Waals surface area contributed by atoms with Gasteiger partial charge in [0.05, 0.1) is 18.0 Å². The lowest BCUT2D eigenvalue weighted by Gasteiger charge is -2.44. The van der Waals surface area contributed by atoms with Crippen molar-refractivity contribution in [2.75, 3.05) is 7.11 Å². The van der Waals surface area contributed by atoms with E-state index >= 15 is 0 Å². The first-order valence-electron chi connectivity index (χ1n) is 11.4. The highest BCUT2D eigenvalue weighted by atomic mass is 28.3. The van der Waals surface area contributed by atoms with E-state index in [1.807, 2.05) is 0 Å². The molecule has 0 saturated heterocycles. The quantitative estimate of drug-likeness (QED) is 0.323. The molecule has 1 rings (SSSR count). The molecule has 6 heteroatoms. The summed E-state index contributed by atoms with van der Waals surface area (Å²) >= 11 is 0. The van der Waals surface area contributed by atoms with Gasteiger partial charge in [0, 0.05) is 6.20 Å². The minimum Gasteiger partial charge on any atom is -0.465 e. The molecule has 0 aliphatic carbocycles. The molecule has 0 bridgehead atoms. The molecule has 0 amide bonds. The Morgan fingerprint density at radius 2 is 1.17 bits per heavy atom. The Morgan fingerprint density at radius 1 is 0.793 bits per heavy atom. The van der Waals surface area contributed by atoms with Crippen molar-refractivity contribution in [3.05, 3.63) is 11.8 Å². The van der Waals surface area contributed by atoms with Gasteiger partial charge in [0.2, 0.25) is 0 Å². The van der Waals surface area contributed by atoms with E-state index in [1.54, 1.807) is 0 Å². The molecule has 1 heterocycles. The lowest BCUT2D eigenvalue weighted by Crippen LogP contribution is -2.59. The van der Waals surface area contributed by atoms with Crippen molar-refractivity contribution in [1.29, 1.82) is 0 Å². The third-order valence-electron chi connectivity index (χ3n) is 7.57. The highest BCUT2D eigenvalue weighted by Crippen LogP contribution is 2.44. The van der Waals surface area contributed by atoms with Gasteiger partial charge < -0.3 is 4.74 Å². The van der Waals surface area contributed by atoms with E-state index in [0.717, 1.165) is 5.32 Å². The number of methoxy groups -OCH3 is 1. The van der Waals surface area contributed by atoms with Gasteiger partial charge in [0.1, 0.15) is 8.07 Å². The van der Waals surface area contributed by atoms with E-state index in [1.165, 1.54) is 7.11 Å². The molecular formula is C23H46N2O2Si2. The molecule has 168 valence electrons. The van der Waals surface area contributed by atoms with E-state index in [0.29, 0.717) is 38.8 Å². The van der Waals surface area contributed by atoms with Crippen LogP contribution >= 0.6 is 0 Å². The van der Waals surface area contributed by atoms with E-state index in [2.05, 4.69) is 93.6 Å². The maximum absolute atomic E-state index is 13.0. The first kappa shape index (κ1) is 26.1. The Balaban J connectivity index is 4.06. The molecule has 0 spiro atoms. The molecule has 1 aromatic heterocycles. The molecule has 0 N–H and O–H groups in total. The Morgan fingerprint density at radius 3 is 1.45 bits per heavy atom. The van der Waals surface area contributed by atoms with Crippen LogP contribution in [-0.4, -0.2) is 38.8 Å². The zero-order valence-corrected chi connectivity index (χ0v) is 23.3. The van der Waals surface area contributed by atoms with Gasteiger partial charge in [-0.15, -0.1) is 0 Å². The molecule has 0 saturated carbocycles. The molecule has 0 aliphatic rings. The normalized spacial score (nSPS) is 13.6. The smallest absolute Gasteiger partial charge is 0.340 e. The molecule has 0 atom stereocenters. The van der Waals surface area contributed by atoms with Crippen LogP contribution in [0, 0.1) is 0 Å². The van der Waals surface area contributed by atoms with Crippen molar-refractivity contribution in [2.45, 2.75) is 116 Å². The topological polar surface area (TPSA) is 44.1 Å². The largest absolute Gasteiger partial charge is 0.465 e. The molecule has 0 unspecified atom stereocenters. The van der Waals surface area contributed by atoms with E-state index in [-0.39, 0.29) is 5.97 Å². The second-order valence-corrected chi connectivity index (χ2v) is 22.1. The van der Waals surface area contributed by atoms with Crippen LogP contribution in [0.1, 0.15) is 93.4 Å². The number of carbonyl (C=O) groups is 1. The van der Waals surface area contributed by atoms with Crippen LogP contribution in [0.2, 0.25) is 33.2 Å². The summed E-state index contributed by atoms with van der Waals surface area (Å²) in [4.78, 5) is 13.0. The lowest BCUT2D eigenvalue weighted by molar-refractivity contribution is 0.0602. The summed E-state index contributed by atoms with van der Waals surface area (Å²) in [6.45, 7) is 28.0. The van der Waals surface area contributed by atoms with Gasteiger partial charge in [0.15, 0.2) is 8.24 Å². The fraction of sp³-hybridized carbons (Fsp3) is 0.826. The molecule has 0 fully saturated rings. The molecule has 0 aliphatic heterocycles. The van der Waals surface area contributed by atoms with Gasteiger partial charge >= 0.3 is 5.97 Å². The first-order chi connectivity index (χ1) is 13.2. The van der Waals surface area contributed by atoms with E-state index in [4.69, 9.17) is 9.84 Å². The van der Waals surface area contributed by atoms with Crippen molar-refractivity contribution in [2.24, 2.45) is 0 Å². The van der Waals surface area contributed by atoms with Gasteiger partial charge in [-0.1, -0.05) is 83.1 Å². The molecule has 1 aromatic rings. The fourth-order valence-corrected chi connectivity index (χ4v) is 19.6. The van der Waals surface area contributed by atoms with Gasteiger partial charge in [-0.25, -0.2) is 4.79 Å². The number of aromatic nitrogens is 2. The number of carbonyl (C=O) groups excluding carboxylic acids is 1. The number of esters is 1. The van der Waals surface area contributed by atoms with E-state index < -0.39 is 16.3 Å². The summed E-state index contributed by atoms with van der Waals surface area (Å²) in [5.74, 6) is -0.232. The predicted molar refractivity (Wildman–Crippen MR) is 131 cm³/mol. The number of rotatable bonds is 9.